The molecule has 2 aromatic carbocycles. The van der Waals surface area contributed by atoms with Crippen LogP contribution in [-0.2, 0) is 6.42 Å². The summed E-state index contributed by atoms with van der Waals surface area (Å²) in [5.41, 5.74) is 2.17. The molecule has 0 spiro atoms. The van der Waals surface area contributed by atoms with Crippen LogP contribution in [0, 0.1) is 5.92 Å². The number of carbonyl (C=O) groups excluding carboxylic acids is 1. The summed E-state index contributed by atoms with van der Waals surface area (Å²) in [5.74, 6) is 1.62. The van der Waals surface area contributed by atoms with Gasteiger partial charge in [-0.15, -0.1) is 0 Å². The van der Waals surface area contributed by atoms with Gasteiger partial charge in [0.2, 0.25) is 0 Å². The van der Waals surface area contributed by atoms with Crippen molar-refractivity contribution in [2.45, 2.75) is 44.6 Å². The maximum atomic E-state index is 13.3. The second-order valence-electron chi connectivity index (χ2n) is 8.79. The Kier molecular flexibility index (Phi) is 7.06. The van der Waals surface area contributed by atoms with Gasteiger partial charge in [0, 0.05) is 31.2 Å². The molecule has 0 unspecified atom stereocenters. The minimum Gasteiger partial charge on any atom is -0.497 e. The average Bonchev–Trinajstić information content (AvgIpc) is 3.63. The van der Waals surface area contributed by atoms with Crippen LogP contribution in [0.5, 0.6) is 5.75 Å². The Morgan fingerprint density at radius 2 is 1.80 bits per heavy atom. The van der Waals surface area contributed by atoms with Crippen molar-refractivity contribution in [2.24, 2.45) is 5.92 Å². The maximum absolute atomic E-state index is 13.3. The van der Waals surface area contributed by atoms with Gasteiger partial charge in [0.1, 0.15) is 5.75 Å². The molecule has 0 N–H and O–H groups in total. The first-order chi connectivity index (χ1) is 14.7. The quantitative estimate of drug-likeness (QED) is 0.608. The van der Waals surface area contributed by atoms with Crippen LogP contribution in [0.4, 0.5) is 0 Å². The summed E-state index contributed by atoms with van der Waals surface area (Å²) in [6.07, 6.45) is 7.02. The third-order valence-corrected chi connectivity index (χ3v) is 6.51. The van der Waals surface area contributed by atoms with Crippen molar-refractivity contribution >= 4 is 5.91 Å². The highest BCUT2D eigenvalue weighted by Crippen LogP contribution is 2.32. The van der Waals surface area contributed by atoms with E-state index in [1.807, 2.05) is 24.3 Å². The third kappa shape index (κ3) is 5.63. The molecule has 2 aromatic rings. The second-order valence-corrected chi connectivity index (χ2v) is 8.79. The lowest BCUT2D eigenvalue weighted by atomic mass is 10.0. The highest BCUT2D eigenvalue weighted by atomic mass is 16.5. The van der Waals surface area contributed by atoms with Gasteiger partial charge in [-0.3, -0.25) is 4.79 Å². The van der Waals surface area contributed by atoms with E-state index in [1.54, 1.807) is 7.11 Å². The first-order valence-corrected chi connectivity index (χ1v) is 11.4. The normalized spacial score (nSPS) is 17.6. The van der Waals surface area contributed by atoms with Crippen molar-refractivity contribution in [3.05, 3.63) is 65.7 Å². The molecule has 1 saturated carbocycles. The second kappa shape index (κ2) is 10.1. The first-order valence-electron chi connectivity index (χ1n) is 11.4. The summed E-state index contributed by atoms with van der Waals surface area (Å²) < 4.78 is 5.33. The zero-order valence-electron chi connectivity index (χ0n) is 18.1. The van der Waals surface area contributed by atoms with Crippen LogP contribution in [-0.4, -0.2) is 55.0 Å². The number of carbonyl (C=O) groups is 1. The van der Waals surface area contributed by atoms with Gasteiger partial charge in [0.25, 0.3) is 5.91 Å². The number of methoxy groups -OCH3 is 1. The zero-order chi connectivity index (χ0) is 20.8. The molecule has 2 fully saturated rings. The Morgan fingerprint density at radius 1 is 1.03 bits per heavy atom. The van der Waals surface area contributed by atoms with Crippen molar-refractivity contribution < 1.29 is 9.53 Å². The summed E-state index contributed by atoms with van der Waals surface area (Å²) in [4.78, 5) is 18.1. The Labute approximate surface area is 180 Å². The van der Waals surface area contributed by atoms with E-state index in [4.69, 9.17) is 4.74 Å². The Morgan fingerprint density at radius 3 is 2.50 bits per heavy atom. The van der Waals surface area contributed by atoms with Crippen molar-refractivity contribution in [2.75, 3.05) is 33.3 Å². The van der Waals surface area contributed by atoms with Crippen molar-refractivity contribution in [3.63, 3.8) is 0 Å². The average molecular weight is 407 g/mol. The van der Waals surface area contributed by atoms with Crippen LogP contribution < -0.4 is 4.74 Å². The van der Waals surface area contributed by atoms with E-state index in [2.05, 4.69) is 40.1 Å². The van der Waals surface area contributed by atoms with Crippen molar-refractivity contribution in [3.8, 4) is 5.75 Å². The fraction of sp³-hybridized carbons (Fsp3) is 0.500. The molecular weight excluding hydrogens is 372 g/mol. The number of benzene rings is 2. The van der Waals surface area contributed by atoms with Crippen LogP contribution in [0.1, 0.15) is 48.0 Å². The summed E-state index contributed by atoms with van der Waals surface area (Å²) in [6.45, 7) is 4.24. The van der Waals surface area contributed by atoms with Crippen LogP contribution >= 0.6 is 0 Å². The molecule has 1 aliphatic heterocycles. The molecule has 1 amide bonds. The minimum absolute atomic E-state index is 0.170. The third-order valence-electron chi connectivity index (χ3n) is 6.51. The molecule has 1 heterocycles. The molecule has 30 heavy (non-hydrogen) atoms. The smallest absolute Gasteiger partial charge is 0.254 e. The molecule has 1 saturated heterocycles. The van der Waals surface area contributed by atoms with Gasteiger partial charge < -0.3 is 14.5 Å². The van der Waals surface area contributed by atoms with E-state index in [0.29, 0.717) is 12.0 Å². The number of nitrogens with zero attached hydrogens (tertiary/aromatic N) is 2. The van der Waals surface area contributed by atoms with E-state index in [1.165, 1.54) is 24.8 Å². The predicted molar refractivity (Wildman–Crippen MR) is 121 cm³/mol. The molecule has 160 valence electrons. The van der Waals surface area contributed by atoms with Gasteiger partial charge in [-0.2, -0.15) is 0 Å². The van der Waals surface area contributed by atoms with Gasteiger partial charge in [-0.1, -0.05) is 36.4 Å². The number of aryl methyl sites for hydroxylation is 1. The van der Waals surface area contributed by atoms with E-state index >= 15 is 0 Å². The Hall–Kier alpha value is -2.33. The molecule has 4 nitrogen and oxygen atoms in total. The molecule has 1 aliphatic carbocycles. The number of likely N-dealkylation sites (tertiary alicyclic amines) is 1. The van der Waals surface area contributed by atoms with Gasteiger partial charge >= 0.3 is 0 Å². The molecule has 0 bridgehead atoms. The van der Waals surface area contributed by atoms with E-state index in [9.17, 15) is 4.79 Å². The monoisotopic (exact) mass is 406 g/mol. The highest BCUT2D eigenvalue weighted by Gasteiger charge is 2.33. The predicted octanol–water partition coefficient (Wildman–Crippen LogP) is 4.64. The van der Waals surface area contributed by atoms with Gasteiger partial charge in [-0.05, 0) is 74.8 Å². The Bertz CT molecular complexity index is 811. The van der Waals surface area contributed by atoms with Crippen LogP contribution in [0.25, 0.3) is 0 Å². The fourth-order valence-electron chi connectivity index (χ4n) is 4.50. The van der Waals surface area contributed by atoms with Gasteiger partial charge in [-0.25, -0.2) is 0 Å². The molecular formula is C26H34N2O2. The number of rotatable bonds is 9. The number of hydrogen-bond donors (Lipinski definition) is 0. The van der Waals surface area contributed by atoms with Crippen molar-refractivity contribution in [1.82, 2.24) is 9.80 Å². The summed E-state index contributed by atoms with van der Waals surface area (Å²) in [5, 5.41) is 0. The van der Waals surface area contributed by atoms with Gasteiger partial charge in [0.15, 0.2) is 0 Å². The summed E-state index contributed by atoms with van der Waals surface area (Å²) in [6, 6.07) is 18.7. The Balaban J connectivity index is 1.31. The maximum Gasteiger partial charge on any atom is 0.254 e. The van der Waals surface area contributed by atoms with Crippen LogP contribution in [0.2, 0.25) is 0 Å². The lowest BCUT2D eigenvalue weighted by molar-refractivity contribution is 0.0557. The lowest BCUT2D eigenvalue weighted by Gasteiger charge is -2.39. The highest BCUT2D eigenvalue weighted by molar-refractivity contribution is 5.94. The van der Waals surface area contributed by atoms with E-state index in [-0.39, 0.29) is 5.91 Å². The molecule has 0 atom stereocenters. The zero-order valence-corrected chi connectivity index (χ0v) is 18.1. The molecule has 2 aliphatic rings. The van der Waals surface area contributed by atoms with E-state index < -0.39 is 0 Å². The molecule has 4 rings (SSSR count). The summed E-state index contributed by atoms with van der Waals surface area (Å²) in [7, 11) is 1.65. The first kappa shape index (κ1) is 20.9. The topological polar surface area (TPSA) is 32.8 Å². The molecule has 0 radical (unpaired) electrons. The fourth-order valence-corrected chi connectivity index (χ4v) is 4.50. The molecule has 0 aromatic heterocycles. The summed E-state index contributed by atoms with van der Waals surface area (Å²) >= 11 is 0. The van der Waals surface area contributed by atoms with Crippen LogP contribution in [0.15, 0.2) is 54.6 Å². The number of piperidine rings is 1. The van der Waals surface area contributed by atoms with Crippen LogP contribution in [0.3, 0.4) is 0 Å². The largest absolute Gasteiger partial charge is 0.497 e. The van der Waals surface area contributed by atoms with Gasteiger partial charge in [0.05, 0.1) is 7.11 Å². The molecule has 4 heteroatoms. The number of hydrogen-bond acceptors (Lipinski definition) is 3. The SMILES string of the molecule is COc1cccc(C(=O)N(CC2CC2)C2CCN(CCCc3ccccc3)CC2)c1. The number of amides is 1. The van der Waals surface area contributed by atoms with E-state index in [0.717, 1.165) is 56.8 Å². The number of ether oxygens (including phenoxy) is 1. The standard InChI is InChI=1S/C26H34N2O2/c1-30-25-11-5-10-23(19-25)26(29)28(20-22-12-13-22)24-14-17-27(18-15-24)16-6-9-21-7-3-2-4-8-21/h2-5,7-8,10-11,19,22,24H,6,9,12-18,20H2,1H3. The van der Waals surface area contributed by atoms with Crippen molar-refractivity contribution in [1.29, 1.82) is 0 Å². The lowest BCUT2D eigenvalue weighted by Crippen LogP contribution is -2.48. The minimum atomic E-state index is 0.170.